The van der Waals surface area contributed by atoms with Crippen molar-refractivity contribution in [3.8, 4) is 0 Å². The summed E-state index contributed by atoms with van der Waals surface area (Å²) in [4.78, 5) is 13.9. The van der Waals surface area contributed by atoms with E-state index in [1.165, 1.54) is 4.90 Å². The Morgan fingerprint density at radius 3 is 2.48 bits per heavy atom. The van der Waals surface area contributed by atoms with Gasteiger partial charge in [0.2, 0.25) is 0 Å². The van der Waals surface area contributed by atoms with Crippen LogP contribution in [0.1, 0.15) is 49.4 Å². The summed E-state index contributed by atoms with van der Waals surface area (Å²) in [5.41, 5.74) is 4.77. The number of rotatable bonds is 3. The van der Waals surface area contributed by atoms with Crippen LogP contribution in [0, 0.1) is 17.6 Å². The van der Waals surface area contributed by atoms with Gasteiger partial charge in [-0.15, -0.1) is 0 Å². The molecular weight excluding hydrogens is 274 g/mol. The molecule has 3 nitrogen and oxygen atoms in total. The lowest BCUT2D eigenvalue weighted by Gasteiger charge is -2.34. The van der Waals surface area contributed by atoms with Gasteiger partial charge in [-0.3, -0.25) is 4.79 Å². The van der Waals surface area contributed by atoms with Crippen molar-refractivity contribution in [2.75, 3.05) is 12.8 Å². The fourth-order valence-corrected chi connectivity index (χ4v) is 3.06. The molecule has 5 heteroatoms. The average molecular weight is 296 g/mol. The molecule has 0 unspecified atom stereocenters. The normalized spacial score (nSPS) is 22.1. The number of halogens is 2. The van der Waals surface area contributed by atoms with Gasteiger partial charge in [-0.2, -0.15) is 0 Å². The van der Waals surface area contributed by atoms with Crippen molar-refractivity contribution in [1.29, 1.82) is 0 Å². The zero-order valence-corrected chi connectivity index (χ0v) is 12.5. The first-order chi connectivity index (χ1) is 9.93. The second-order valence-corrected chi connectivity index (χ2v) is 5.86. The van der Waals surface area contributed by atoms with Crippen LogP contribution in [0.2, 0.25) is 0 Å². The fraction of sp³-hybridized carbons (Fsp3) is 0.562. The lowest BCUT2D eigenvalue weighted by Crippen LogP contribution is -2.39. The summed E-state index contributed by atoms with van der Waals surface area (Å²) in [5, 5.41) is 0. The summed E-state index contributed by atoms with van der Waals surface area (Å²) in [6, 6.07) is 1.89. The molecule has 1 saturated carbocycles. The summed E-state index contributed by atoms with van der Waals surface area (Å²) >= 11 is 0. The zero-order valence-electron chi connectivity index (χ0n) is 12.5. The van der Waals surface area contributed by atoms with Crippen molar-refractivity contribution in [3.05, 3.63) is 29.3 Å². The van der Waals surface area contributed by atoms with Crippen LogP contribution in [-0.2, 0) is 0 Å². The molecule has 2 rings (SSSR count). The molecular formula is C16H22F2N2O. The third kappa shape index (κ3) is 3.34. The highest BCUT2D eigenvalue weighted by atomic mass is 19.1. The minimum absolute atomic E-state index is 0.0872. The van der Waals surface area contributed by atoms with Crippen molar-refractivity contribution in [1.82, 2.24) is 4.90 Å². The van der Waals surface area contributed by atoms with E-state index in [1.807, 2.05) is 0 Å². The third-order valence-electron chi connectivity index (χ3n) is 4.56. The largest absolute Gasteiger partial charge is 0.396 e. The Balaban J connectivity index is 2.13. The van der Waals surface area contributed by atoms with E-state index in [0.29, 0.717) is 5.92 Å². The Kier molecular flexibility index (Phi) is 4.80. The van der Waals surface area contributed by atoms with Crippen molar-refractivity contribution < 1.29 is 13.6 Å². The van der Waals surface area contributed by atoms with E-state index in [0.717, 1.165) is 44.2 Å². The smallest absolute Gasteiger partial charge is 0.257 e. The molecule has 1 aliphatic carbocycles. The minimum atomic E-state index is -0.838. The number of nitrogens with zero attached hydrogens (tertiary/aromatic N) is 1. The van der Waals surface area contributed by atoms with E-state index < -0.39 is 17.5 Å². The maximum absolute atomic E-state index is 13.9. The predicted octanol–water partition coefficient (Wildman–Crippen LogP) is 3.59. The monoisotopic (exact) mass is 296 g/mol. The Morgan fingerprint density at radius 1 is 1.29 bits per heavy atom. The van der Waals surface area contributed by atoms with Gasteiger partial charge in [-0.05, 0) is 43.7 Å². The van der Waals surface area contributed by atoms with Crippen LogP contribution >= 0.6 is 0 Å². The van der Waals surface area contributed by atoms with Crippen LogP contribution in [-0.4, -0.2) is 23.9 Å². The molecule has 1 aromatic carbocycles. The lowest BCUT2D eigenvalue weighted by molar-refractivity contribution is 0.0669. The van der Waals surface area contributed by atoms with E-state index in [2.05, 4.69) is 6.92 Å². The number of nitrogens with two attached hydrogens (primary N) is 1. The molecule has 0 aliphatic heterocycles. The topological polar surface area (TPSA) is 46.3 Å². The second kappa shape index (κ2) is 6.41. The number of carbonyl (C=O) groups is 1. The van der Waals surface area contributed by atoms with Gasteiger partial charge in [-0.25, -0.2) is 8.78 Å². The summed E-state index contributed by atoms with van der Waals surface area (Å²) in [7, 11) is 1.65. The number of amides is 1. The van der Waals surface area contributed by atoms with Gasteiger partial charge in [0, 0.05) is 13.1 Å². The molecule has 116 valence electrons. The van der Waals surface area contributed by atoms with Crippen LogP contribution in [0.15, 0.2) is 12.1 Å². The van der Waals surface area contributed by atoms with Gasteiger partial charge in [0.05, 0.1) is 11.3 Å². The van der Waals surface area contributed by atoms with Gasteiger partial charge in [-0.1, -0.05) is 13.3 Å². The standard InChI is InChI=1S/C16H22F2N2O/c1-3-10-4-6-12(7-5-10)20(2)16(21)13-8-11(17)9-14(19)15(13)18/h8-10,12H,3-7,19H2,1-2H3. The Hall–Kier alpha value is -1.65. The molecule has 0 spiro atoms. The highest BCUT2D eigenvalue weighted by Crippen LogP contribution is 2.30. The molecule has 0 saturated heterocycles. The molecule has 0 radical (unpaired) electrons. The lowest BCUT2D eigenvalue weighted by atomic mass is 9.84. The van der Waals surface area contributed by atoms with Crippen LogP contribution in [0.4, 0.5) is 14.5 Å². The van der Waals surface area contributed by atoms with E-state index in [4.69, 9.17) is 5.73 Å². The van der Waals surface area contributed by atoms with Crippen molar-refractivity contribution >= 4 is 11.6 Å². The van der Waals surface area contributed by atoms with Crippen LogP contribution in [0.3, 0.4) is 0 Å². The number of benzene rings is 1. The van der Waals surface area contributed by atoms with Crippen LogP contribution < -0.4 is 5.73 Å². The molecule has 0 atom stereocenters. The Morgan fingerprint density at radius 2 is 1.90 bits per heavy atom. The summed E-state index contributed by atoms with van der Waals surface area (Å²) < 4.78 is 27.3. The Labute approximate surface area is 124 Å². The summed E-state index contributed by atoms with van der Waals surface area (Å²) in [6.45, 7) is 2.17. The first-order valence-electron chi connectivity index (χ1n) is 7.45. The van der Waals surface area contributed by atoms with Gasteiger partial charge in [0.25, 0.3) is 5.91 Å². The highest BCUT2D eigenvalue weighted by Gasteiger charge is 2.28. The number of hydrogen-bond acceptors (Lipinski definition) is 2. The van der Waals surface area contributed by atoms with Gasteiger partial charge >= 0.3 is 0 Å². The molecule has 0 bridgehead atoms. The SMILES string of the molecule is CCC1CCC(N(C)C(=O)c2cc(F)cc(N)c2F)CC1. The average Bonchev–Trinajstić information content (AvgIpc) is 2.49. The Bertz CT molecular complexity index is 525. The van der Waals surface area contributed by atoms with E-state index in [1.54, 1.807) is 7.05 Å². The summed E-state index contributed by atoms with van der Waals surface area (Å²) in [6.07, 6.45) is 5.12. The maximum Gasteiger partial charge on any atom is 0.257 e. The molecule has 1 aromatic rings. The molecule has 0 aromatic heterocycles. The molecule has 0 heterocycles. The predicted molar refractivity (Wildman–Crippen MR) is 78.9 cm³/mol. The van der Waals surface area contributed by atoms with Gasteiger partial charge in [0.1, 0.15) is 5.82 Å². The fourth-order valence-electron chi connectivity index (χ4n) is 3.06. The van der Waals surface area contributed by atoms with Gasteiger partial charge in [0.15, 0.2) is 5.82 Å². The number of nitrogen functional groups attached to an aromatic ring is 1. The first kappa shape index (κ1) is 15.7. The number of anilines is 1. The molecule has 1 aliphatic rings. The van der Waals surface area contributed by atoms with Crippen molar-refractivity contribution in [2.45, 2.75) is 45.1 Å². The molecule has 1 amide bonds. The van der Waals surface area contributed by atoms with Crippen molar-refractivity contribution in [2.24, 2.45) is 5.92 Å². The van der Waals surface area contributed by atoms with Crippen LogP contribution in [0.25, 0.3) is 0 Å². The minimum Gasteiger partial charge on any atom is -0.396 e. The highest BCUT2D eigenvalue weighted by molar-refractivity contribution is 5.95. The quantitative estimate of drug-likeness (QED) is 0.866. The summed E-state index contributed by atoms with van der Waals surface area (Å²) in [5.74, 6) is -1.32. The number of carbonyl (C=O) groups excluding carboxylic acids is 1. The van der Waals surface area contributed by atoms with Crippen molar-refractivity contribution in [3.63, 3.8) is 0 Å². The second-order valence-electron chi connectivity index (χ2n) is 5.86. The molecule has 2 N–H and O–H groups in total. The van der Waals surface area contributed by atoms with Crippen LogP contribution in [0.5, 0.6) is 0 Å². The maximum atomic E-state index is 13.9. The molecule has 21 heavy (non-hydrogen) atoms. The van der Waals surface area contributed by atoms with Gasteiger partial charge < -0.3 is 10.6 Å². The first-order valence-corrected chi connectivity index (χ1v) is 7.45. The molecule has 1 fully saturated rings. The zero-order chi connectivity index (χ0) is 15.6. The van der Waals surface area contributed by atoms with E-state index in [9.17, 15) is 13.6 Å². The number of hydrogen-bond donors (Lipinski definition) is 1. The van der Waals surface area contributed by atoms with E-state index >= 15 is 0 Å². The van der Waals surface area contributed by atoms with E-state index in [-0.39, 0.29) is 17.3 Å². The third-order valence-corrected chi connectivity index (χ3v) is 4.56.